The van der Waals surface area contributed by atoms with Gasteiger partial charge < -0.3 is 52.9 Å². The topological polar surface area (TPSA) is 214 Å². The molecule has 16 heteroatoms. The minimum atomic E-state index is -1.89. The zero-order valence-corrected chi connectivity index (χ0v) is 89.9. The lowest BCUT2D eigenvalue weighted by Gasteiger charge is -2.32. The van der Waals surface area contributed by atoms with Crippen molar-refractivity contribution in [1.29, 1.82) is 0 Å². The van der Waals surface area contributed by atoms with Gasteiger partial charge in [-0.2, -0.15) is 0 Å². The molecule has 0 heterocycles. The van der Waals surface area contributed by atoms with E-state index in [-0.39, 0.29) is 107 Å². The fourth-order valence-electron chi connectivity index (χ4n) is 15.7. The van der Waals surface area contributed by atoms with E-state index >= 15 is 0 Å². The van der Waals surface area contributed by atoms with Gasteiger partial charge in [0.1, 0.15) is 72.1 Å². The molecule has 0 aliphatic heterocycles. The molecule has 4 N–H and O–H groups in total. The van der Waals surface area contributed by atoms with E-state index in [0.717, 1.165) is 101 Å². The van der Waals surface area contributed by atoms with Gasteiger partial charge in [-0.3, -0.25) is 19.2 Å². The first-order valence-corrected chi connectivity index (χ1v) is 48.5. The number of benzene rings is 7. The maximum atomic E-state index is 14.1. The fraction of sp³-hybridized carbons (Fsp3) is 0.600. The molecule has 0 aromatic heterocycles. The molecule has 0 aliphatic rings. The molecule has 0 saturated carbocycles. The lowest BCUT2D eigenvalue weighted by atomic mass is 9.78. The summed E-state index contributed by atoms with van der Waals surface area (Å²) in [5.74, 6) is 0.882. The van der Waals surface area contributed by atoms with Crippen molar-refractivity contribution in [3.8, 4) is 40.2 Å². The van der Waals surface area contributed by atoms with E-state index in [1.807, 2.05) is 215 Å². The van der Waals surface area contributed by atoms with Crippen LogP contribution in [-0.2, 0) is 140 Å². The van der Waals surface area contributed by atoms with Gasteiger partial charge in [-0.1, -0.05) is 376 Å². The molecule has 0 unspecified atom stereocenters. The SMILES string of the molecule is CC(C)(C)c1cc(CCC(=O)OCC(COC(=O)CCc2cc(C(C)(C)C)c(O)c(C(C)(C)C)c2)(COC(=O)CCc2cc(C(C)(C)C)c(O)c(C(C)(C)C)c2)COC(=O)CCc2cc(C(C)(C)C)c(O)c(C(C)(C)C)c2)cc(C(C)(C)C)c1O.CC(C)(C)c1ccc(OP(Oc2ccc(C(C)(C)C)cc2C(C)(C)C)Oc2ccc(C(C)(C)C)cc2C(C)(C)C)c(C(C)(C)C)c1. The summed E-state index contributed by atoms with van der Waals surface area (Å²) in [5.41, 5.74) is 11.5. The molecule has 7 aromatic carbocycles. The summed E-state index contributed by atoms with van der Waals surface area (Å²) in [6, 6.07) is 35.1. The van der Waals surface area contributed by atoms with Crippen LogP contribution in [0.2, 0.25) is 0 Å². The maximum Gasteiger partial charge on any atom is 0.530 e. The Morgan fingerprint density at radius 3 is 0.511 bits per heavy atom. The van der Waals surface area contributed by atoms with Gasteiger partial charge in [0.25, 0.3) is 0 Å². The Bertz CT molecular complexity index is 4410. The standard InChI is InChI=1S/C73H108O12.C42H63O3P/c1-65(2,3)49-33-45(34-50(61(49)78)66(4,5)6)25-29-57(74)82-41-73(42-83-58(75)30-26-46-35-51(67(7,8)9)62(79)52(36-46)68(10,11)12,43-84-59(76)31-27-47-37-53(69(13,14)15)63(80)54(38-47)70(16,17)18)44-85-60(77)32-28-48-39-55(71(19,20)21)64(81)56(40-48)72(22,23)24;1-37(2,3)28-19-22-34(31(25-28)40(10,11)12)43-46(44-35-23-20-29(38(4,5)6)26-32(35)41(13,14)15)45-36-24-21-30(39(7,8)9)27-33(36)42(16,17)18/h33-40,78-81H,25-32,41-44H2,1-24H3;19-27H,1-18H3. The van der Waals surface area contributed by atoms with Crippen molar-refractivity contribution in [2.45, 2.75) is 418 Å². The molecule has 0 fully saturated rings. The number of aryl methyl sites for hydroxylation is 4. The Morgan fingerprint density at radius 2 is 0.374 bits per heavy atom. The first kappa shape index (κ1) is 111. The highest BCUT2D eigenvalue weighted by Crippen LogP contribution is 2.52. The monoisotopic (exact) mass is 1820 g/mol. The first-order valence-electron chi connectivity index (χ1n) is 47.4. The molecule has 0 atom stereocenters. The van der Waals surface area contributed by atoms with Gasteiger partial charge in [-0.05, 0) is 203 Å². The van der Waals surface area contributed by atoms with Crippen LogP contribution in [0, 0.1) is 5.41 Å². The van der Waals surface area contributed by atoms with E-state index in [1.54, 1.807) is 0 Å². The summed E-state index contributed by atoms with van der Waals surface area (Å²) in [6.45, 7) is 87.1. The van der Waals surface area contributed by atoms with Crippen LogP contribution in [0.5, 0.6) is 40.2 Å². The van der Waals surface area contributed by atoms with Gasteiger partial charge in [-0.15, -0.1) is 0 Å². The van der Waals surface area contributed by atoms with Crippen LogP contribution >= 0.6 is 8.60 Å². The van der Waals surface area contributed by atoms with E-state index in [1.165, 1.54) is 16.7 Å². The molecule has 0 saturated heterocycles. The van der Waals surface area contributed by atoms with Crippen molar-refractivity contribution >= 4 is 32.5 Å². The van der Waals surface area contributed by atoms with Crippen LogP contribution in [0.25, 0.3) is 0 Å². The van der Waals surface area contributed by atoms with Crippen LogP contribution in [0.3, 0.4) is 0 Å². The lowest BCUT2D eigenvalue weighted by molar-refractivity contribution is -0.170. The lowest BCUT2D eigenvalue weighted by Crippen LogP contribution is -2.44. The Kier molecular flexibility index (Phi) is 34.8. The van der Waals surface area contributed by atoms with Crippen molar-refractivity contribution in [1.82, 2.24) is 0 Å². The quantitative estimate of drug-likeness (QED) is 0.0225. The van der Waals surface area contributed by atoms with E-state index < -0.39 is 108 Å². The number of ether oxygens (including phenoxy) is 4. The minimum absolute atomic E-state index is 0.0170. The average molecular weight is 1820 g/mol. The van der Waals surface area contributed by atoms with E-state index in [4.69, 9.17) is 32.5 Å². The number of aromatic hydroxyl groups is 4. The molecule has 0 spiro atoms. The first-order chi connectivity index (χ1) is 59.0. The van der Waals surface area contributed by atoms with E-state index in [0.29, 0.717) is 0 Å². The molecular weight excluding hydrogens is 1650 g/mol. The normalized spacial score (nSPS) is 13.3. The highest BCUT2D eigenvalue weighted by Gasteiger charge is 2.41. The van der Waals surface area contributed by atoms with Crippen molar-refractivity contribution < 1.29 is 72.1 Å². The molecule has 131 heavy (non-hydrogen) atoms. The summed E-state index contributed by atoms with van der Waals surface area (Å²) >= 11 is 0. The molecule has 0 bridgehead atoms. The van der Waals surface area contributed by atoms with Crippen LogP contribution in [-0.4, -0.2) is 70.7 Å². The molecule has 0 amide bonds. The van der Waals surface area contributed by atoms with Gasteiger partial charge in [0.05, 0.1) is 0 Å². The number of carbonyl (C=O) groups excluding carboxylic acids is 4. The van der Waals surface area contributed by atoms with Crippen LogP contribution in [0.4, 0.5) is 0 Å². The number of phenolic OH excluding ortho intramolecular Hbond substituents is 4. The number of hydrogen-bond donors (Lipinski definition) is 4. The largest absolute Gasteiger partial charge is 0.530 e. The van der Waals surface area contributed by atoms with Gasteiger partial charge in [0.15, 0.2) is 0 Å². The van der Waals surface area contributed by atoms with Gasteiger partial charge in [0.2, 0.25) is 0 Å². The Balaban J connectivity index is 0.000000481. The molecular formula is C115H171O15P. The second-order valence-corrected chi connectivity index (χ2v) is 52.4. The second kappa shape index (κ2) is 40.9. The highest BCUT2D eigenvalue weighted by atomic mass is 31.2. The zero-order chi connectivity index (χ0) is 100. The number of rotatable bonds is 26. The average Bonchev–Trinajstić information content (AvgIpc) is 0.795. The van der Waals surface area contributed by atoms with Gasteiger partial charge >= 0.3 is 32.5 Å². The van der Waals surface area contributed by atoms with Crippen molar-refractivity contribution in [2.75, 3.05) is 26.4 Å². The van der Waals surface area contributed by atoms with Crippen LogP contribution < -0.4 is 13.6 Å². The summed E-state index contributed by atoms with van der Waals surface area (Å²) in [6.07, 6.45) is 0.854. The molecule has 7 rings (SSSR count). The van der Waals surface area contributed by atoms with Crippen molar-refractivity contribution in [3.63, 3.8) is 0 Å². The number of hydrogen-bond acceptors (Lipinski definition) is 15. The third-order valence-corrected chi connectivity index (χ3v) is 25.3. The summed E-state index contributed by atoms with van der Waals surface area (Å²) in [7, 11) is -1.89. The predicted molar refractivity (Wildman–Crippen MR) is 542 cm³/mol. The number of phenols is 4. The van der Waals surface area contributed by atoms with E-state index in [9.17, 15) is 39.6 Å². The smallest absolute Gasteiger partial charge is 0.507 e. The predicted octanol–water partition coefficient (Wildman–Crippen LogP) is 29.1. The zero-order valence-electron chi connectivity index (χ0n) is 89.0. The third-order valence-electron chi connectivity index (χ3n) is 24.3. The summed E-state index contributed by atoms with van der Waals surface area (Å²) < 4.78 is 45.1. The Labute approximate surface area is 793 Å². The number of carbonyl (C=O) groups is 4. The maximum absolute atomic E-state index is 14.1. The highest BCUT2D eigenvalue weighted by molar-refractivity contribution is 7.43. The van der Waals surface area contributed by atoms with E-state index in [2.05, 4.69) is 179 Å². The minimum Gasteiger partial charge on any atom is -0.507 e. The molecule has 15 nitrogen and oxygen atoms in total. The van der Waals surface area contributed by atoms with Crippen LogP contribution in [0.1, 0.15) is 417 Å². The van der Waals surface area contributed by atoms with Crippen LogP contribution in [0.15, 0.2) is 103 Å². The molecule has 0 aliphatic carbocycles. The second-order valence-electron chi connectivity index (χ2n) is 51.4. The van der Waals surface area contributed by atoms with Gasteiger partial charge in [0, 0.05) is 42.4 Å². The third kappa shape index (κ3) is 31.5. The Morgan fingerprint density at radius 1 is 0.221 bits per heavy atom. The summed E-state index contributed by atoms with van der Waals surface area (Å²) in [5, 5.41) is 45.7. The summed E-state index contributed by atoms with van der Waals surface area (Å²) in [4.78, 5) is 56.4. The molecule has 726 valence electrons. The van der Waals surface area contributed by atoms with Gasteiger partial charge in [-0.25, -0.2) is 0 Å². The number of esters is 4. The van der Waals surface area contributed by atoms with Crippen molar-refractivity contribution in [2.24, 2.45) is 5.41 Å². The fourth-order valence-corrected chi connectivity index (χ4v) is 16.7. The molecule has 7 aromatic rings. The Hall–Kier alpha value is -8.55. The van der Waals surface area contributed by atoms with Crippen molar-refractivity contribution in [3.05, 3.63) is 203 Å². The molecule has 0 radical (unpaired) electrons.